The highest BCUT2D eigenvalue weighted by molar-refractivity contribution is 5.77. The lowest BCUT2D eigenvalue weighted by atomic mass is 10.2. The Labute approximate surface area is 98.4 Å². The van der Waals surface area contributed by atoms with Gasteiger partial charge in [0.15, 0.2) is 0 Å². The minimum atomic E-state index is -0.383. The molecule has 2 aromatic rings. The molecular formula is C13H14O4. The fourth-order valence-corrected chi connectivity index (χ4v) is 1.61. The molecule has 0 saturated carbocycles. The van der Waals surface area contributed by atoms with Gasteiger partial charge in [-0.15, -0.1) is 0 Å². The zero-order valence-corrected chi connectivity index (χ0v) is 9.60. The molecule has 2 rings (SSSR count). The van der Waals surface area contributed by atoms with Crippen LogP contribution in [0.1, 0.15) is 18.9 Å². The molecule has 0 atom stereocenters. The maximum absolute atomic E-state index is 12.0. The summed E-state index contributed by atoms with van der Waals surface area (Å²) in [6.45, 7) is 2.03. The number of fused-ring (bicyclic) bond motifs is 1. The minimum absolute atomic E-state index is 0.123. The van der Waals surface area contributed by atoms with Crippen LogP contribution in [0.25, 0.3) is 11.0 Å². The highest BCUT2D eigenvalue weighted by Crippen LogP contribution is 2.22. The molecule has 1 aromatic heterocycles. The largest absolute Gasteiger partial charge is 0.465 e. The molecule has 0 saturated heterocycles. The summed E-state index contributed by atoms with van der Waals surface area (Å²) in [5.74, 6) is 0.123. The van der Waals surface area contributed by atoms with E-state index in [4.69, 9.17) is 9.15 Å². The number of aliphatic hydroxyl groups is 1. The van der Waals surface area contributed by atoms with E-state index < -0.39 is 0 Å². The SMILES string of the molecule is CCCOc1oc2ccccc2c(=O)c1CO. The van der Waals surface area contributed by atoms with Crippen LogP contribution < -0.4 is 10.2 Å². The zero-order valence-electron chi connectivity index (χ0n) is 9.60. The number of benzene rings is 1. The summed E-state index contributed by atoms with van der Waals surface area (Å²) < 4.78 is 10.8. The van der Waals surface area contributed by atoms with Gasteiger partial charge in [0.05, 0.1) is 18.6 Å². The van der Waals surface area contributed by atoms with Crippen LogP contribution in [0.3, 0.4) is 0 Å². The molecule has 0 aliphatic carbocycles. The van der Waals surface area contributed by atoms with Gasteiger partial charge in [0.25, 0.3) is 5.95 Å². The van der Waals surface area contributed by atoms with Crippen LogP contribution >= 0.6 is 0 Å². The maximum atomic E-state index is 12.0. The Morgan fingerprint density at radius 3 is 2.82 bits per heavy atom. The molecule has 0 unspecified atom stereocenters. The van der Waals surface area contributed by atoms with E-state index in [1.54, 1.807) is 24.3 Å². The van der Waals surface area contributed by atoms with Crippen molar-refractivity contribution in [2.45, 2.75) is 20.0 Å². The van der Waals surface area contributed by atoms with E-state index in [0.717, 1.165) is 6.42 Å². The number of aliphatic hydroxyl groups excluding tert-OH is 1. The third-order valence-corrected chi connectivity index (χ3v) is 2.45. The summed E-state index contributed by atoms with van der Waals surface area (Å²) in [6.07, 6.45) is 0.807. The molecule has 0 spiro atoms. The predicted molar refractivity (Wildman–Crippen MR) is 64.2 cm³/mol. The van der Waals surface area contributed by atoms with Crippen LogP contribution in [0, 0.1) is 0 Å². The van der Waals surface area contributed by atoms with Crippen molar-refractivity contribution in [2.75, 3.05) is 6.61 Å². The van der Waals surface area contributed by atoms with Crippen LogP contribution in [0.15, 0.2) is 33.5 Å². The number of ether oxygens (including phenoxy) is 1. The third kappa shape index (κ3) is 2.17. The van der Waals surface area contributed by atoms with Crippen molar-refractivity contribution in [1.82, 2.24) is 0 Å². The summed E-state index contributed by atoms with van der Waals surface area (Å²) in [7, 11) is 0. The monoisotopic (exact) mass is 234 g/mol. The van der Waals surface area contributed by atoms with Crippen molar-refractivity contribution < 1.29 is 14.3 Å². The molecule has 4 nitrogen and oxygen atoms in total. The first kappa shape index (κ1) is 11.7. The molecule has 0 fully saturated rings. The van der Waals surface area contributed by atoms with Gasteiger partial charge in [-0.2, -0.15) is 0 Å². The van der Waals surface area contributed by atoms with E-state index >= 15 is 0 Å². The number of hydrogen-bond donors (Lipinski definition) is 1. The second-order valence-corrected chi connectivity index (χ2v) is 3.70. The van der Waals surface area contributed by atoms with Crippen LogP contribution in [0.2, 0.25) is 0 Å². The first-order valence-corrected chi connectivity index (χ1v) is 5.56. The summed E-state index contributed by atoms with van der Waals surface area (Å²) in [5, 5.41) is 9.68. The maximum Gasteiger partial charge on any atom is 0.294 e. The quantitative estimate of drug-likeness (QED) is 0.879. The van der Waals surface area contributed by atoms with Crippen molar-refractivity contribution in [3.63, 3.8) is 0 Å². The zero-order chi connectivity index (χ0) is 12.3. The molecule has 0 aliphatic heterocycles. The number of para-hydroxylation sites is 1. The second kappa shape index (κ2) is 5.01. The molecular weight excluding hydrogens is 220 g/mol. The van der Waals surface area contributed by atoms with E-state index in [0.29, 0.717) is 17.6 Å². The van der Waals surface area contributed by atoms with Crippen LogP contribution in [0.4, 0.5) is 0 Å². The molecule has 4 heteroatoms. The van der Waals surface area contributed by atoms with Gasteiger partial charge in [-0.1, -0.05) is 19.1 Å². The molecule has 1 aromatic carbocycles. The fourth-order valence-electron chi connectivity index (χ4n) is 1.61. The molecule has 0 aliphatic rings. The third-order valence-electron chi connectivity index (χ3n) is 2.45. The van der Waals surface area contributed by atoms with E-state index in [2.05, 4.69) is 0 Å². The number of rotatable bonds is 4. The van der Waals surface area contributed by atoms with E-state index in [9.17, 15) is 9.90 Å². The lowest BCUT2D eigenvalue weighted by molar-refractivity contribution is 0.220. The Hall–Kier alpha value is -1.81. The number of hydrogen-bond acceptors (Lipinski definition) is 4. The Bertz CT molecular complexity index is 571. The van der Waals surface area contributed by atoms with Crippen LogP contribution in [0.5, 0.6) is 5.95 Å². The molecule has 1 heterocycles. The molecule has 90 valence electrons. The van der Waals surface area contributed by atoms with Gasteiger partial charge in [0, 0.05) is 0 Å². The summed E-state index contributed by atoms with van der Waals surface area (Å²) >= 11 is 0. The highest BCUT2D eigenvalue weighted by atomic mass is 16.6. The summed E-state index contributed by atoms with van der Waals surface area (Å²) in [4.78, 5) is 12.0. The minimum Gasteiger partial charge on any atom is -0.465 e. The van der Waals surface area contributed by atoms with E-state index in [-0.39, 0.29) is 23.5 Å². The second-order valence-electron chi connectivity index (χ2n) is 3.70. The normalized spacial score (nSPS) is 10.7. The summed E-state index contributed by atoms with van der Waals surface area (Å²) in [5.41, 5.74) is 0.415. The fraction of sp³-hybridized carbons (Fsp3) is 0.308. The van der Waals surface area contributed by atoms with Crippen molar-refractivity contribution in [3.8, 4) is 5.95 Å². The van der Waals surface area contributed by atoms with E-state index in [1.165, 1.54) is 0 Å². The Morgan fingerprint density at radius 2 is 2.12 bits per heavy atom. The van der Waals surface area contributed by atoms with Crippen molar-refractivity contribution in [3.05, 3.63) is 40.1 Å². The summed E-state index contributed by atoms with van der Waals surface area (Å²) in [6, 6.07) is 6.92. The topological polar surface area (TPSA) is 59.7 Å². The van der Waals surface area contributed by atoms with Crippen LogP contribution in [-0.4, -0.2) is 11.7 Å². The average Bonchev–Trinajstić information content (AvgIpc) is 2.36. The van der Waals surface area contributed by atoms with Crippen LogP contribution in [-0.2, 0) is 6.61 Å². The standard InChI is InChI=1S/C13H14O4/c1-2-7-16-13-10(8-14)12(15)9-5-3-4-6-11(9)17-13/h3-6,14H,2,7-8H2,1H3. The highest BCUT2D eigenvalue weighted by Gasteiger charge is 2.14. The Kier molecular flexibility index (Phi) is 3.44. The van der Waals surface area contributed by atoms with Gasteiger partial charge >= 0.3 is 0 Å². The van der Waals surface area contributed by atoms with Crippen molar-refractivity contribution in [1.29, 1.82) is 0 Å². The average molecular weight is 234 g/mol. The van der Waals surface area contributed by atoms with Gasteiger partial charge in [-0.25, -0.2) is 0 Å². The molecule has 0 radical (unpaired) electrons. The van der Waals surface area contributed by atoms with Gasteiger partial charge < -0.3 is 14.3 Å². The molecule has 17 heavy (non-hydrogen) atoms. The smallest absolute Gasteiger partial charge is 0.294 e. The van der Waals surface area contributed by atoms with E-state index in [1.807, 2.05) is 6.92 Å². The van der Waals surface area contributed by atoms with Crippen molar-refractivity contribution in [2.24, 2.45) is 0 Å². The van der Waals surface area contributed by atoms with Gasteiger partial charge in [0.1, 0.15) is 11.1 Å². The Balaban J connectivity index is 2.62. The first-order valence-electron chi connectivity index (χ1n) is 5.56. The molecule has 0 amide bonds. The van der Waals surface area contributed by atoms with Gasteiger partial charge in [0.2, 0.25) is 5.43 Å². The van der Waals surface area contributed by atoms with Gasteiger partial charge in [-0.05, 0) is 18.6 Å². The Morgan fingerprint density at radius 1 is 1.35 bits per heavy atom. The van der Waals surface area contributed by atoms with Crippen molar-refractivity contribution >= 4 is 11.0 Å². The molecule has 0 bridgehead atoms. The lowest BCUT2D eigenvalue weighted by Gasteiger charge is -2.08. The predicted octanol–water partition coefficient (Wildman–Crippen LogP) is 2.07. The first-order chi connectivity index (χ1) is 8.27. The molecule has 1 N–H and O–H groups in total. The van der Waals surface area contributed by atoms with Gasteiger partial charge in [-0.3, -0.25) is 4.79 Å². The lowest BCUT2D eigenvalue weighted by Crippen LogP contribution is -2.12.